The van der Waals surface area contributed by atoms with Gasteiger partial charge in [0.15, 0.2) is 0 Å². The highest BCUT2D eigenvalue weighted by Crippen LogP contribution is 2.17. The molecule has 2 N–H and O–H groups in total. The van der Waals surface area contributed by atoms with Crippen LogP contribution in [0.15, 0.2) is 29.1 Å². The molecule has 4 rings (SSSR count). The number of aromatic amines is 1. The first-order valence-electron chi connectivity index (χ1n) is 7.51. The van der Waals surface area contributed by atoms with Gasteiger partial charge in [-0.25, -0.2) is 4.98 Å². The summed E-state index contributed by atoms with van der Waals surface area (Å²) in [5, 5.41) is 6.23. The lowest BCUT2D eigenvalue weighted by atomic mass is 10.1. The van der Waals surface area contributed by atoms with Gasteiger partial charge in [-0.15, -0.1) is 0 Å². The minimum absolute atomic E-state index is 0.0195. The molecule has 6 nitrogen and oxygen atoms in total. The predicted octanol–water partition coefficient (Wildman–Crippen LogP) is 1.83. The van der Waals surface area contributed by atoms with Gasteiger partial charge in [0.25, 0.3) is 11.3 Å². The second-order valence-electron chi connectivity index (χ2n) is 5.68. The van der Waals surface area contributed by atoms with Crippen LogP contribution in [0.1, 0.15) is 28.8 Å². The van der Waals surface area contributed by atoms with Crippen molar-refractivity contribution in [3.05, 3.63) is 57.0 Å². The van der Waals surface area contributed by atoms with E-state index in [9.17, 15) is 4.79 Å². The molecule has 0 bridgehead atoms. The first-order chi connectivity index (χ1) is 10.7. The molecule has 0 amide bonds. The Kier molecular flexibility index (Phi) is 2.96. The summed E-state index contributed by atoms with van der Waals surface area (Å²) >= 11 is 0. The lowest BCUT2D eigenvalue weighted by Crippen LogP contribution is -2.20. The van der Waals surface area contributed by atoms with E-state index >= 15 is 0 Å². The van der Waals surface area contributed by atoms with E-state index in [0.717, 1.165) is 30.5 Å². The highest BCUT2D eigenvalue weighted by atomic mass is 16.1. The molecule has 2 aromatic heterocycles. The van der Waals surface area contributed by atoms with Gasteiger partial charge in [0.1, 0.15) is 0 Å². The van der Waals surface area contributed by atoms with E-state index < -0.39 is 0 Å². The van der Waals surface area contributed by atoms with Crippen LogP contribution in [-0.2, 0) is 19.4 Å². The Balaban J connectivity index is 1.65. The molecule has 0 unspecified atom stereocenters. The second-order valence-corrected chi connectivity index (χ2v) is 5.68. The number of benzene rings is 1. The van der Waals surface area contributed by atoms with Crippen molar-refractivity contribution >= 4 is 11.7 Å². The van der Waals surface area contributed by atoms with Gasteiger partial charge in [-0.1, -0.05) is 24.3 Å². The Morgan fingerprint density at radius 2 is 2.14 bits per heavy atom. The van der Waals surface area contributed by atoms with Crippen LogP contribution < -0.4 is 10.9 Å². The zero-order valence-electron chi connectivity index (χ0n) is 12.4. The summed E-state index contributed by atoms with van der Waals surface area (Å²) in [7, 11) is 0. The number of nitrogens with one attached hydrogen (secondary N) is 2. The monoisotopic (exact) mass is 295 g/mol. The van der Waals surface area contributed by atoms with E-state index in [4.69, 9.17) is 0 Å². The van der Waals surface area contributed by atoms with E-state index in [1.54, 1.807) is 0 Å². The lowest BCUT2D eigenvalue weighted by Gasteiger charge is -2.05. The maximum atomic E-state index is 12.4. The number of anilines is 1. The summed E-state index contributed by atoms with van der Waals surface area (Å²) in [6, 6.07) is 8.18. The molecule has 1 aliphatic carbocycles. The smallest absolute Gasteiger partial charge is 0.277 e. The molecule has 0 aliphatic heterocycles. The van der Waals surface area contributed by atoms with Gasteiger partial charge in [0, 0.05) is 12.1 Å². The van der Waals surface area contributed by atoms with E-state index in [1.807, 2.05) is 12.1 Å². The van der Waals surface area contributed by atoms with Crippen molar-refractivity contribution in [2.24, 2.45) is 0 Å². The second kappa shape index (κ2) is 4.98. The van der Waals surface area contributed by atoms with Crippen molar-refractivity contribution in [2.75, 3.05) is 5.32 Å². The Labute approximate surface area is 127 Å². The topological polar surface area (TPSA) is 75.1 Å². The van der Waals surface area contributed by atoms with Crippen LogP contribution in [0.3, 0.4) is 0 Å². The predicted molar refractivity (Wildman–Crippen MR) is 84.1 cm³/mol. The Hall–Kier alpha value is -2.63. The summed E-state index contributed by atoms with van der Waals surface area (Å²) in [5.41, 5.74) is 4.13. The van der Waals surface area contributed by atoms with Crippen molar-refractivity contribution in [3.8, 4) is 0 Å². The molecule has 6 heteroatoms. The van der Waals surface area contributed by atoms with Crippen LogP contribution in [0.25, 0.3) is 5.78 Å². The molecule has 1 aliphatic rings. The van der Waals surface area contributed by atoms with Gasteiger partial charge < -0.3 is 5.32 Å². The zero-order chi connectivity index (χ0) is 15.1. The van der Waals surface area contributed by atoms with Crippen LogP contribution in [0.5, 0.6) is 0 Å². The van der Waals surface area contributed by atoms with Gasteiger partial charge in [0.2, 0.25) is 5.95 Å². The Morgan fingerprint density at radius 3 is 3.00 bits per heavy atom. The molecule has 0 fully saturated rings. The SMILES string of the molecule is Cc1ccccc1CNc1nc2nc3c(c(=O)n2[nH]1)CCC3. The van der Waals surface area contributed by atoms with Gasteiger partial charge in [0.05, 0.1) is 5.69 Å². The maximum Gasteiger partial charge on any atom is 0.277 e. The first-order valence-corrected chi connectivity index (χ1v) is 7.51. The fourth-order valence-electron chi connectivity index (χ4n) is 2.95. The zero-order valence-corrected chi connectivity index (χ0v) is 12.4. The summed E-state index contributed by atoms with van der Waals surface area (Å²) in [6.45, 7) is 2.73. The normalized spacial score (nSPS) is 13.5. The number of rotatable bonds is 3. The largest absolute Gasteiger partial charge is 0.351 e. The van der Waals surface area contributed by atoms with Gasteiger partial charge in [-0.3, -0.25) is 9.89 Å². The third kappa shape index (κ3) is 2.07. The van der Waals surface area contributed by atoms with Crippen LogP contribution in [-0.4, -0.2) is 19.6 Å². The summed E-state index contributed by atoms with van der Waals surface area (Å²) in [4.78, 5) is 21.3. The molecule has 112 valence electrons. The van der Waals surface area contributed by atoms with Crippen molar-refractivity contribution < 1.29 is 0 Å². The van der Waals surface area contributed by atoms with Crippen molar-refractivity contribution in [2.45, 2.75) is 32.7 Å². The minimum atomic E-state index is -0.0195. The van der Waals surface area contributed by atoms with Crippen molar-refractivity contribution in [3.63, 3.8) is 0 Å². The highest BCUT2D eigenvalue weighted by Gasteiger charge is 2.19. The lowest BCUT2D eigenvalue weighted by molar-refractivity contribution is 0.867. The number of H-pyrrole nitrogens is 1. The molecule has 0 atom stereocenters. The molecule has 0 saturated heterocycles. The van der Waals surface area contributed by atoms with E-state index in [1.165, 1.54) is 15.6 Å². The highest BCUT2D eigenvalue weighted by molar-refractivity contribution is 5.41. The number of aryl methyl sites for hydroxylation is 2. The van der Waals surface area contributed by atoms with Crippen molar-refractivity contribution in [1.82, 2.24) is 19.6 Å². The quantitative estimate of drug-likeness (QED) is 0.773. The molecular formula is C16H17N5O. The Morgan fingerprint density at radius 1 is 1.27 bits per heavy atom. The molecule has 2 heterocycles. The van der Waals surface area contributed by atoms with Crippen LogP contribution in [0, 0.1) is 6.92 Å². The van der Waals surface area contributed by atoms with Crippen LogP contribution >= 0.6 is 0 Å². The molecule has 0 saturated carbocycles. The third-order valence-corrected chi connectivity index (χ3v) is 4.22. The van der Waals surface area contributed by atoms with E-state index in [0.29, 0.717) is 18.3 Å². The van der Waals surface area contributed by atoms with E-state index in [2.05, 4.69) is 39.4 Å². The molecule has 22 heavy (non-hydrogen) atoms. The standard InChI is InChI=1S/C16H17N5O/c1-10-5-2-3-6-11(10)9-17-15-19-16-18-13-8-4-7-12(13)14(22)21(16)20-15/h2-3,5-6H,4,7-9H2,1H3,(H2,17,18,19,20). The minimum Gasteiger partial charge on any atom is -0.351 e. The van der Waals surface area contributed by atoms with E-state index in [-0.39, 0.29) is 5.56 Å². The number of aromatic nitrogens is 4. The molecular weight excluding hydrogens is 278 g/mol. The molecule has 1 aromatic carbocycles. The van der Waals surface area contributed by atoms with Gasteiger partial charge >= 0.3 is 0 Å². The van der Waals surface area contributed by atoms with Gasteiger partial charge in [-0.2, -0.15) is 9.50 Å². The number of fused-ring (bicyclic) bond motifs is 2. The summed E-state index contributed by atoms with van der Waals surface area (Å²) in [6.07, 6.45) is 2.69. The Bertz CT molecular complexity index is 909. The average molecular weight is 295 g/mol. The molecule has 0 spiro atoms. The first kappa shape index (κ1) is 13.1. The summed E-state index contributed by atoms with van der Waals surface area (Å²) in [5.74, 6) is 1.01. The number of hydrogen-bond acceptors (Lipinski definition) is 4. The molecule has 3 aromatic rings. The maximum absolute atomic E-state index is 12.4. The van der Waals surface area contributed by atoms with Gasteiger partial charge in [-0.05, 0) is 37.3 Å². The fraction of sp³-hybridized carbons (Fsp3) is 0.312. The van der Waals surface area contributed by atoms with Crippen molar-refractivity contribution in [1.29, 1.82) is 0 Å². The number of hydrogen-bond donors (Lipinski definition) is 2. The fourth-order valence-corrected chi connectivity index (χ4v) is 2.95. The molecule has 0 radical (unpaired) electrons. The van der Waals surface area contributed by atoms with Crippen LogP contribution in [0.2, 0.25) is 0 Å². The van der Waals surface area contributed by atoms with Crippen LogP contribution in [0.4, 0.5) is 5.95 Å². The number of nitrogens with zero attached hydrogens (tertiary/aromatic N) is 3. The average Bonchev–Trinajstić information content (AvgIpc) is 3.13. The summed E-state index contributed by atoms with van der Waals surface area (Å²) < 4.78 is 1.43. The third-order valence-electron chi connectivity index (χ3n) is 4.22.